The lowest BCUT2D eigenvalue weighted by molar-refractivity contribution is -0.384. The van der Waals surface area contributed by atoms with Gasteiger partial charge in [0.2, 0.25) is 11.7 Å². The van der Waals surface area contributed by atoms with E-state index in [-0.39, 0.29) is 23.4 Å². The van der Waals surface area contributed by atoms with Gasteiger partial charge in [-0.2, -0.15) is 0 Å². The Labute approximate surface area is 200 Å². The summed E-state index contributed by atoms with van der Waals surface area (Å²) in [6.45, 7) is -0.915. The molecule has 0 saturated carbocycles. The standard InChI is InChI=1S/C25H21N3O7/c29-21(15-27-25(32)19-9-5-2-6-10-19)26-16-22(30)35-24(23(31)17-7-3-1-4-8-17)18-11-13-20(14-12-18)28(33)34/h1-14,24H,15-16H2,(H,26,29)(H,27,32)/t24-/m0/s1. The Bertz CT molecular complexity index is 1210. The van der Waals surface area contributed by atoms with Crippen molar-refractivity contribution in [1.82, 2.24) is 10.6 Å². The Kier molecular flexibility index (Phi) is 8.38. The van der Waals surface area contributed by atoms with Crippen molar-refractivity contribution in [2.75, 3.05) is 13.1 Å². The molecule has 0 aliphatic heterocycles. The van der Waals surface area contributed by atoms with Gasteiger partial charge in [0.15, 0.2) is 6.10 Å². The minimum absolute atomic E-state index is 0.184. The van der Waals surface area contributed by atoms with Crippen molar-refractivity contribution in [3.8, 4) is 0 Å². The maximum atomic E-state index is 13.0. The van der Waals surface area contributed by atoms with E-state index in [0.29, 0.717) is 5.56 Å². The third-order valence-corrected chi connectivity index (χ3v) is 4.83. The van der Waals surface area contributed by atoms with E-state index < -0.39 is 41.1 Å². The van der Waals surface area contributed by atoms with E-state index in [4.69, 9.17) is 4.74 Å². The summed E-state index contributed by atoms with van der Waals surface area (Å²) in [4.78, 5) is 59.8. The van der Waals surface area contributed by atoms with Crippen LogP contribution in [0.5, 0.6) is 0 Å². The van der Waals surface area contributed by atoms with Crippen molar-refractivity contribution in [3.05, 3.63) is 112 Å². The largest absolute Gasteiger partial charge is 0.448 e. The number of nitrogens with one attached hydrogen (secondary N) is 2. The molecular weight excluding hydrogens is 454 g/mol. The smallest absolute Gasteiger partial charge is 0.326 e. The van der Waals surface area contributed by atoms with Crippen molar-refractivity contribution in [2.45, 2.75) is 6.10 Å². The zero-order chi connectivity index (χ0) is 25.2. The molecule has 3 rings (SSSR count). The first kappa shape index (κ1) is 24.8. The van der Waals surface area contributed by atoms with E-state index in [9.17, 15) is 29.3 Å². The highest BCUT2D eigenvalue weighted by atomic mass is 16.6. The molecule has 0 heterocycles. The summed E-state index contributed by atoms with van der Waals surface area (Å²) in [6, 6.07) is 21.5. The highest BCUT2D eigenvalue weighted by Gasteiger charge is 2.27. The van der Waals surface area contributed by atoms with E-state index in [0.717, 1.165) is 0 Å². The minimum Gasteiger partial charge on any atom is -0.448 e. The summed E-state index contributed by atoms with van der Waals surface area (Å²) in [5.74, 6) is -2.52. The van der Waals surface area contributed by atoms with Crippen molar-refractivity contribution in [3.63, 3.8) is 0 Å². The van der Waals surface area contributed by atoms with Gasteiger partial charge in [-0.15, -0.1) is 0 Å². The molecule has 0 fully saturated rings. The van der Waals surface area contributed by atoms with Crippen molar-refractivity contribution in [1.29, 1.82) is 0 Å². The second kappa shape index (κ2) is 11.8. The van der Waals surface area contributed by atoms with Crippen LogP contribution < -0.4 is 10.6 Å². The molecule has 0 bridgehead atoms. The van der Waals surface area contributed by atoms with Crippen LogP contribution in [0.25, 0.3) is 0 Å². The molecule has 10 heteroatoms. The average Bonchev–Trinajstić information content (AvgIpc) is 2.89. The summed E-state index contributed by atoms with van der Waals surface area (Å²) in [5.41, 5.74) is 0.705. The summed E-state index contributed by atoms with van der Waals surface area (Å²) < 4.78 is 5.34. The van der Waals surface area contributed by atoms with Gasteiger partial charge in [0, 0.05) is 28.8 Å². The number of rotatable bonds is 10. The molecule has 1 atom stereocenters. The average molecular weight is 475 g/mol. The summed E-state index contributed by atoms with van der Waals surface area (Å²) in [6.07, 6.45) is -1.37. The predicted octanol–water partition coefficient (Wildman–Crippen LogP) is 2.61. The molecule has 10 nitrogen and oxygen atoms in total. The fraction of sp³-hybridized carbons (Fsp3) is 0.120. The number of esters is 1. The van der Waals surface area contributed by atoms with Gasteiger partial charge in [0.1, 0.15) is 6.54 Å². The molecule has 178 valence electrons. The van der Waals surface area contributed by atoms with Crippen LogP contribution in [0, 0.1) is 10.1 Å². The van der Waals surface area contributed by atoms with Crippen LogP contribution in [-0.4, -0.2) is 41.6 Å². The number of nitro benzene ring substituents is 1. The number of amides is 2. The summed E-state index contributed by atoms with van der Waals surface area (Å²) >= 11 is 0. The Morgan fingerprint density at radius 1 is 0.771 bits per heavy atom. The third-order valence-electron chi connectivity index (χ3n) is 4.83. The van der Waals surface area contributed by atoms with Crippen molar-refractivity contribution < 1.29 is 28.8 Å². The number of carbonyl (C=O) groups excluding carboxylic acids is 4. The van der Waals surface area contributed by atoms with Gasteiger partial charge in [0.25, 0.3) is 11.6 Å². The molecule has 0 saturated heterocycles. The monoisotopic (exact) mass is 475 g/mol. The number of carbonyl (C=O) groups is 4. The predicted molar refractivity (Wildman–Crippen MR) is 124 cm³/mol. The molecule has 3 aromatic rings. The Hall–Kier alpha value is -4.86. The zero-order valence-electron chi connectivity index (χ0n) is 18.4. The van der Waals surface area contributed by atoms with Gasteiger partial charge >= 0.3 is 5.97 Å². The molecule has 0 aliphatic carbocycles. The van der Waals surface area contributed by atoms with Crippen molar-refractivity contribution >= 4 is 29.3 Å². The first-order valence-corrected chi connectivity index (χ1v) is 10.5. The lowest BCUT2D eigenvalue weighted by atomic mass is 9.99. The van der Waals surface area contributed by atoms with Crippen LogP contribution >= 0.6 is 0 Å². The third kappa shape index (κ3) is 7.06. The molecule has 2 amide bonds. The number of hydrogen-bond donors (Lipinski definition) is 2. The molecular formula is C25H21N3O7. The number of non-ortho nitro benzene ring substituents is 1. The van der Waals surface area contributed by atoms with Gasteiger partial charge in [-0.3, -0.25) is 29.3 Å². The number of Topliss-reactive ketones (excluding diaryl/α,β-unsaturated/α-hetero) is 1. The van der Waals surface area contributed by atoms with Gasteiger partial charge in [-0.1, -0.05) is 48.5 Å². The second-order valence-electron chi connectivity index (χ2n) is 7.27. The minimum atomic E-state index is -1.37. The fourth-order valence-electron chi connectivity index (χ4n) is 3.06. The molecule has 0 unspecified atom stereocenters. The van der Waals surface area contributed by atoms with Gasteiger partial charge in [-0.25, -0.2) is 0 Å². The number of ketones is 1. The molecule has 0 radical (unpaired) electrons. The Morgan fingerprint density at radius 3 is 1.91 bits per heavy atom. The molecule has 35 heavy (non-hydrogen) atoms. The van der Waals surface area contributed by atoms with E-state index in [2.05, 4.69) is 10.6 Å². The molecule has 3 aromatic carbocycles. The fourth-order valence-corrected chi connectivity index (χ4v) is 3.06. The number of ether oxygens (including phenoxy) is 1. The molecule has 0 aromatic heterocycles. The maximum Gasteiger partial charge on any atom is 0.326 e. The quantitative estimate of drug-likeness (QED) is 0.198. The topological polar surface area (TPSA) is 145 Å². The summed E-state index contributed by atoms with van der Waals surface area (Å²) in [7, 11) is 0. The van der Waals surface area contributed by atoms with Crippen LogP contribution in [0.3, 0.4) is 0 Å². The van der Waals surface area contributed by atoms with E-state index >= 15 is 0 Å². The van der Waals surface area contributed by atoms with Crippen LogP contribution in [0.2, 0.25) is 0 Å². The first-order valence-electron chi connectivity index (χ1n) is 10.5. The maximum absolute atomic E-state index is 13.0. The van der Waals surface area contributed by atoms with Crippen molar-refractivity contribution in [2.24, 2.45) is 0 Å². The van der Waals surface area contributed by atoms with E-state index in [1.54, 1.807) is 60.7 Å². The normalized spacial score (nSPS) is 11.1. The van der Waals surface area contributed by atoms with Gasteiger partial charge in [0.05, 0.1) is 11.5 Å². The van der Waals surface area contributed by atoms with Crippen LogP contribution in [0.4, 0.5) is 5.69 Å². The highest BCUT2D eigenvalue weighted by Crippen LogP contribution is 2.25. The zero-order valence-corrected chi connectivity index (χ0v) is 18.4. The van der Waals surface area contributed by atoms with Gasteiger partial charge < -0.3 is 15.4 Å². The molecule has 0 spiro atoms. The highest BCUT2D eigenvalue weighted by molar-refractivity contribution is 6.01. The van der Waals surface area contributed by atoms with E-state index in [1.807, 2.05) is 0 Å². The van der Waals surface area contributed by atoms with Crippen LogP contribution in [0.15, 0.2) is 84.9 Å². The Balaban J connectivity index is 1.61. The first-order chi connectivity index (χ1) is 16.8. The lowest BCUT2D eigenvalue weighted by Crippen LogP contribution is -2.39. The van der Waals surface area contributed by atoms with Crippen LogP contribution in [0.1, 0.15) is 32.4 Å². The van der Waals surface area contributed by atoms with E-state index in [1.165, 1.54) is 24.3 Å². The van der Waals surface area contributed by atoms with Gasteiger partial charge in [-0.05, 0) is 24.3 Å². The molecule has 0 aliphatic rings. The number of nitrogens with zero attached hydrogens (tertiary/aromatic N) is 1. The number of benzene rings is 3. The summed E-state index contributed by atoms with van der Waals surface area (Å²) in [5, 5.41) is 15.7. The number of nitro groups is 1. The second-order valence-corrected chi connectivity index (χ2v) is 7.27. The lowest BCUT2D eigenvalue weighted by Gasteiger charge is -2.18. The molecule has 2 N–H and O–H groups in total. The van der Waals surface area contributed by atoms with Crippen LogP contribution in [-0.2, 0) is 14.3 Å². The number of hydrogen-bond acceptors (Lipinski definition) is 7. The SMILES string of the molecule is O=C(CNC(=O)c1ccccc1)NCC(=O)O[C@H](C(=O)c1ccccc1)c1ccc([N+](=O)[O-])cc1. The Morgan fingerprint density at radius 2 is 1.34 bits per heavy atom.